The molecule has 0 bridgehead atoms. The first kappa shape index (κ1) is 12.2. The van der Waals surface area contributed by atoms with Crippen molar-refractivity contribution in [1.29, 1.82) is 0 Å². The van der Waals surface area contributed by atoms with E-state index in [2.05, 4.69) is 0 Å². The molecule has 1 aromatic heterocycles. The van der Waals surface area contributed by atoms with Gasteiger partial charge in [-0.15, -0.1) is 0 Å². The highest BCUT2D eigenvalue weighted by atomic mass is 35.5. The Morgan fingerprint density at radius 1 is 1.16 bits per heavy atom. The number of nitrogens with zero attached hydrogens (tertiary/aromatic N) is 1. The van der Waals surface area contributed by atoms with E-state index in [0.29, 0.717) is 11.9 Å². The molecule has 0 aliphatic rings. The maximum Gasteiger partial charge on any atom is 0.132 e. The first-order valence-electron chi connectivity index (χ1n) is 6.13. The standard InChI is InChI=1S/C16H13ClFN/c1-11-5-6-12(14(17)9-11)10-19-8-7-13-15(18)3-2-4-16(13)19/h2-9H,10H2,1H3. The highest BCUT2D eigenvalue weighted by Crippen LogP contribution is 2.23. The fraction of sp³-hybridized carbons (Fsp3) is 0.125. The fourth-order valence-electron chi connectivity index (χ4n) is 2.29. The molecule has 96 valence electrons. The summed E-state index contributed by atoms with van der Waals surface area (Å²) in [6, 6.07) is 12.9. The Hall–Kier alpha value is -1.80. The highest BCUT2D eigenvalue weighted by molar-refractivity contribution is 6.31. The van der Waals surface area contributed by atoms with E-state index in [1.54, 1.807) is 12.1 Å². The van der Waals surface area contributed by atoms with Crippen molar-refractivity contribution in [3.8, 4) is 0 Å². The molecule has 0 amide bonds. The summed E-state index contributed by atoms with van der Waals surface area (Å²) >= 11 is 6.24. The van der Waals surface area contributed by atoms with E-state index in [1.165, 1.54) is 6.07 Å². The van der Waals surface area contributed by atoms with Gasteiger partial charge in [0.05, 0.1) is 5.52 Å². The lowest BCUT2D eigenvalue weighted by molar-refractivity contribution is 0.639. The molecule has 0 fully saturated rings. The van der Waals surface area contributed by atoms with E-state index in [4.69, 9.17) is 11.6 Å². The van der Waals surface area contributed by atoms with E-state index in [-0.39, 0.29) is 5.82 Å². The highest BCUT2D eigenvalue weighted by Gasteiger charge is 2.07. The topological polar surface area (TPSA) is 4.93 Å². The Balaban J connectivity index is 2.04. The predicted octanol–water partition coefficient (Wildman–Crippen LogP) is 4.79. The summed E-state index contributed by atoms with van der Waals surface area (Å²) in [6.07, 6.45) is 1.89. The third-order valence-corrected chi connectivity index (χ3v) is 3.66. The van der Waals surface area contributed by atoms with Crippen molar-refractivity contribution < 1.29 is 4.39 Å². The zero-order valence-corrected chi connectivity index (χ0v) is 11.3. The first-order valence-corrected chi connectivity index (χ1v) is 6.51. The van der Waals surface area contributed by atoms with Gasteiger partial charge in [-0.1, -0.05) is 29.8 Å². The van der Waals surface area contributed by atoms with Crippen molar-refractivity contribution >= 4 is 22.5 Å². The first-order chi connectivity index (χ1) is 9.15. The van der Waals surface area contributed by atoms with Gasteiger partial charge < -0.3 is 4.57 Å². The maximum absolute atomic E-state index is 13.6. The molecule has 0 saturated heterocycles. The van der Waals surface area contributed by atoms with Crippen LogP contribution >= 0.6 is 11.6 Å². The van der Waals surface area contributed by atoms with Crippen LogP contribution in [0.1, 0.15) is 11.1 Å². The van der Waals surface area contributed by atoms with Crippen LogP contribution < -0.4 is 0 Å². The number of aryl methyl sites for hydroxylation is 1. The molecule has 0 N–H and O–H groups in total. The van der Waals surface area contributed by atoms with Gasteiger partial charge >= 0.3 is 0 Å². The molecule has 3 aromatic rings. The smallest absolute Gasteiger partial charge is 0.132 e. The van der Waals surface area contributed by atoms with Crippen molar-refractivity contribution in [2.45, 2.75) is 13.5 Å². The second-order valence-electron chi connectivity index (χ2n) is 4.71. The summed E-state index contributed by atoms with van der Waals surface area (Å²) in [5.74, 6) is -0.189. The molecule has 19 heavy (non-hydrogen) atoms. The van der Waals surface area contributed by atoms with Gasteiger partial charge in [0.1, 0.15) is 5.82 Å². The molecule has 3 heteroatoms. The number of rotatable bonds is 2. The lowest BCUT2D eigenvalue weighted by Gasteiger charge is -2.08. The molecule has 0 radical (unpaired) electrons. The summed E-state index contributed by atoms with van der Waals surface area (Å²) < 4.78 is 15.6. The number of aromatic nitrogens is 1. The van der Waals surface area contributed by atoms with Crippen molar-refractivity contribution in [3.63, 3.8) is 0 Å². The number of halogens is 2. The zero-order chi connectivity index (χ0) is 13.4. The van der Waals surface area contributed by atoms with E-state index in [0.717, 1.165) is 21.7 Å². The van der Waals surface area contributed by atoms with Crippen LogP contribution in [0, 0.1) is 12.7 Å². The van der Waals surface area contributed by atoms with Gasteiger partial charge in [-0.3, -0.25) is 0 Å². The number of hydrogen-bond acceptors (Lipinski definition) is 0. The van der Waals surface area contributed by atoms with Crippen molar-refractivity contribution in [3.05, 3.63) is 70.6 Å². The van der Waals surface area contributed by atoms with Crippen LogP contribution in [0.25, 0.3) is 10.9 Å². The van der Waals surface area contributed by atoms with Crippen LogP contribution in [0.3, 0.4) is 0 Å². The minimum Gasteiger partial charge on any atom is -0.343 e. The van der Waals surface area contributed by atoms with Crippen molar-refractivity contribution in [1.82, 2.24) is 4.57 Å². The van der Waals surface area contributed by atoms with E-state index in [1.807, 2.05) is 42.0 Å². The maximum atomic E-state index is 13.6. The second-order valence-corrected chi connectivity index (χ2v) is 5.12. The minimum absolute atomic E-state index is 0.189. The third kappa shape index (κ3) is 2.24. The molecule has 0 aliphatic carbocycles. The molecule has 0 spiro atoms. The van der Waals surface area contributed by atoms with Crippen molar-refractivity contribution in [2.24, 2.45) is 0 Å². The van der Waals surface area contributed by atoms with Gasteiger partial charge in [0.25, 0.3) is 0 Å². The Morgan fingerprint density at radius 2 is 2.00 bits per heavy atom. The number of fused-ring (bicyclic) bond motifs is 1. The molecule has 0 atom stereocenters. The average Bonchev–Trinajstić information content (AvgIpc) is 2.78. The Kier molecular flexibility index (Phi) is 3.03. The summed E-state index contributed by atoms with van der Waals surface area (Å²) in [5, 5.41) is 1.39. The van der Waals surface area contributed by atoms with E-state index >= 15 is 0 Å². The molecule has 3 rings (SSSR count). The SMILES string of the molecule is Cc1ccc(Cn2ccc3c(F)cccc32)c(Cl)c1. The minimum atomic E-state index is -0.189. The predicted molar refractivity (Wildman–Crippen MR) is 77.2 cm³/mol. The summed E-state index contributed by atoms with van der Waals surface area (Å²) in [7, 11) is 0. The van der Waals surface area contributed by atoms with Crippen LogP contribution in [0.4, 0.5) is 4.39 Å². The molecule has 1 heterocycles. The lowest BCUT2D eigenvalue weighted by Crippen LogP contribution is -1.98. The normalized spacial score (nSPS) is 11.1. The molecule has 0 aliphatic heterocycles. The van der Waals surface area contributed by atoms with Crippen LogP contribution in [0.2, 0.25) is 5.02 Å². The Labute approximate surface area is 116 Å². The largest absolute Gasteiger partial charge is 0.343 e. The van der Waals surface area contributed by atoms with Gasteiger partial charge in [0.2, 0.25) is 0 Å². The third-order valence-electron chi connectivity index (χ3n) is 3.31. The quantitative estimate of drug-likeness (QED) is 0.633. The van der Waals surface area contributed by atoms with Crippen LogP contribution in [-0.2, 0) is 6.54 Å². The van der Waals surface area contributed by atoms with Crippen LogP contribution in [0.15, 0.2) is 48.7 Å². The molecular weight excluding hydrogens is 261 g/mol. The molecule has 0 saturated carbocycles. The van der Waals surface area contributed by atoms with Gasteiger partial charge in [0.15, 0.2) is 0 Å². The van der Waals surface area contributed by atoms with Gasteiger partial charge in [-0.25, -0.2) is 4.39 Å². The van der Waals surface area contributed by atoms with Crippen molar-refractivity contribution in [2.75, 3.05) is 0 Å². The molecular formula is C16H13ClFN. The lowest BCUT2D eigenvalue weighted by atomic mass is 10.1. The Bertz CT molecular complexity index is 746. The second kappa shape index (κ2) is 4.71. The summed E-state index contributed by atoms with van der Waals surface area (Å²) in [4.78, 5) is 0. The molecule has 0 unspecified atom stereocenters. The number of hydrogen-bond donors (Lipinski definition) is 0. The van der Waals surface area contributed by atoms with E-state index in [9.17, 15) is 4.39 Å². The monoisotopic (exact) mass is 273 g/mol. The van der Waals surface area contributed by atoms with Gasteiger partial charge in [0, 0.05) is 23.2 Å². The Morgan fingerprint density at radius 3 is 2.79 bits per heavy atom. The zero-order valence-electron chi connectivity index (χ0n) is 10.5. The van der Waals surface area contributed by atoms with Crippen LogP contribution in [0.5, 0.6) is 0 Å². The fourth-order valence-corrected chi connectivity index (χ4v) is 2.58. The van der Waals surface area contributed by atoms with Gasteiger partial charge in [-0.05, 0) is 42.3 Å². The van der Waals surface area contributed by atoms with Gasteiger partial charge in [-0.2, -0.15) is 0 Å². The van der Waals surface area contributed by atoms with Crippen LogP contribution in [-0.4, -0.2) is 4.57 Å². The summed E-state index contributed by atoms with van der Waals surface area (Å²) in [6.45, 7) is 2.65. The molecule has 2 aromatic carbocycles. The average molecular weight is 274 g/mol. The molecule has 1 nitrogen and oxygen atoms in total. The summed E-state index contributed by atoms with van der Waals surface area (Å²) in [5.41, 5.74) is 3.06. The number of benzene rings is 2. The van der Waals surface area contributed by atoms with E-state index < -0.39 is 0 Å².